The minimum Gasteiger partial charge on any atom is -0.309 e. The van der Waals surface area contributed by atoms with Crippen molar-refractivity contribution < 1.29 is 0 Å². The first-order valence-corrected chi connectivity index (χ1v) is 20.7. The van der Waals surface area contributed by atoms with E-state index >= 15 is 0 Å². The maximum Gasteiger partial charge on any atom is 0.0662 e. The van der Waals surface area contributed by atoms with Gasteiger partial charge in [0.05, 0.1) is 38.8 Å². The smallest absolute Gasteiger partial charge is 0.0662 e. The first-order valence-electron chi connectivity index (χ1n) is 19.9. The fourth-order valence-electron chi connectivity index (χ4n) is 9.83. The molecule has 13 aromatic rings. The average Bonchev–Trinajstić information content (AvgIpc) is 4.03. The van der Waals surface area contributed by atoms with Crippen LogP contribution in [0.5, 0.6) is 0 Å². The van der Waals surface area contributed by atoms with Crippen LogP contribution in [-0.4, -0.2) is 13.7 Å². The Labute approximate surface area is 337 Å². The van der Waals surface area contributed by atoms with Crippen molar-refractivity contribution in [1.29, 1.82) is 0 Å². The number of hydrogen-bond acceptors (Lipinski definition) is 1. The highest BCUT2D eigenvalue weighted by Crippen LogP contribution is 2.47. The van der Waals surface area contributed by atoms with Gasteiger partial charge in [-0.3, -0.25) is 0 Å². The van der Waals surface area contributed by atoms with Crippen molar-refractivity contribution in [3.05, 3.63) is 200 Å². The summed E-state index contributed by atoms with van der Waals surface area (Å²) < 4.78 is 10.1. The lowest BCUT2D eigenvalue weighted by Crippen LogP contribution is -1.99. The summed E-state index contributed by atoms with van der Waals surface area (Å²) in [5.41, 5.74) is 13.1. The highest BCUT2D eigenvalue weighted by atomic mass is 32.1. The Morgan fingerprint density at radius 1 is 0.310 bits per heavy atom. The molecule has 0 atom stereocenters. The van der Waals surface area contributed by atoms with E-state index in [4.69, 9.17) is 0 Å². The number of thiophene rings is 1. The summed E-state index contributed by atoms with van der Waals surface area (Å²) in [7, 11) is 0. The second-order valence-electron chi connectivity index (χ2n) is 15.3. The normalized spacial score (nSPS) is 12.1. The second kappa shape index (κ2) is 12.1. The highest BCUT2D eigenvalue weighted by molar-refractivity contribution is 7.26. The predicted molar refractivity (Wildman–Crippen MR) is 248 cm³/mol. The number of nitrogens with zero attached hydrogens (tertiary/aromatic N) is 3. The van der Waals surface area contributed by atoms with Crippen LogP contribution in [0.25, 0.3) is 114 Å². The summed E-state index contributed by atoms with van der Waals surface area (Å²) in [6, 6.07) is 73.6. The van der Waals surface area contributed by atoms with Gasteiger partial charge in [0.1, 0.15) is 0 Å². The molecule has 0 aliphatic heterocycles. The van der Waals surface area contributed by atoms with E-state index in [1.807, 2.05) is 11.3 Å². The molecule has 0 spiro atoms. The molecule has 0 fully saturated rings. The van der Waals surface area contributed by atoms with E-state index in [2.05, 4.69) is 214 Å². The molecule has 4 heterocycles. The van der Waals surface area contributed by atoms with Gasteiger partial charge < -0.3 is 13.7 Å². The van der Waals surface area contributed by atoms with Crippen LogP contribution in [0.15, 0.2) is 200 Å². The van der Waals surface area contributed by atoms with Gasteiger partial charge in [0, 0.05) is 63.9 Å². The van der Waals surface area contributed by atoms with Crippen LogP contribution in [0, 0.1) is 0 Å². The molecule has 9 aromatic carbocycles. The molecule has 0 aliphatic rings. The first kappa shape index (κ1) is 31.8. The van der Waals surface area contributed by atoms with Gasteiger partial charge in [-0.2, -0.15) is 0 Å². The Balaban J connectivity index is 1.17. The molecule has 270 valence electrons. The average molecular weight is 756 g/mol. The lowest BCUT2D eigenvalue weighted by atomic mass is 10.0. The molecule has 0 bridgehead atoms. The Bertz CT molecular complexity index is 3730. The van der Waals surface area contributed by atoms with Crippen LogP contribution < -0.4 is 0 Å². The first-order chi connectivity index (χ1) is 28.8. The topological polar surface area (TPSA) is 14.8 Å². The minimum atomic E-state index is 1.13. The van der Waals surface area contributed by atoms with Crippen molar-refractivity contribution in [1.82, 2.24) is 13.7 Å². The van der Waals surface area contributed by atoms with Crippen molar-refractivity contribution in [3.8, 4) is 28.2 Å². The Morgan fingerprint density at radius 3 is 1.38 bits per heavy atom. The zero-order valence-electron chi connectivity index (χ0n) is 31.3. The van der Waals surface area contributed by atoms with Crippen LogP contribution in [-0.2, 0) is 0 Å². The molecule has 4 aromatic heterocycles. The zero-order valence-corrected chi connectivity index (χ0v) is 32.1. The summed E-state index contributed by atoms with van der Waals surface area (Å²) in [6.07, 6.45) is 0. The maximum atomic E-state index is 2.54. The third-order valence-electron chi connectivity index (χ3n) is 12.2. The van der Waals surface area contributed by atoms with E-state index in [0.29, 0.717) is 0 Å². The number of benzene rings is 9. The number of aromatic nitrogens is 3. The lowest BCUT2D eigenvalue weighted by molar-refractivity contribution is 1.16. The fourth-order valence-corrected chi connectivity index (χ4v) is 11.1. The molecule has 0 unspecified atom stereocenters. The molecule has 0 aliphatic carbocycles. The maximum absolute atomic E-state index is 2.54. The molecular weight excluding hydrogens is 723 g/mol. The van der Waals surface area contributed by atoms with E-state index in [0.717, 1.165) is 11.4 Å². The van der Waals surface area contributed by atoms with E-state index < -0.39 is 0 Å². The third kappa shape index (κ3) is 4.32. The van der Waals surface area contributed by atoms with Crippen LogP contribution in [0.3, 0.4) is 0 Å². The van der Waals surface area contributed by atoms with Crippen molar-refractivity contribution in [3.63, 3.8) is 0 Å². The van der Waals surface area contributed by atoms with Gasteiger partial charge in [0.25, 0.3) is 0 Å². The molecule has 4 heteroatoms. The Morgan fingerprint density at radius 2 is 0.776 bits per heavy atom. The van der Waals surface area contributed by atoms with Gasteiger partial charge in [0.2, 0.25) is 0 Å². The van der Waals surface area contributed by atoms with Crippen LogP contribution in [0.4, 0.5) is 0 Å². The second-order valence-corrected chi connectivity index (χ2v) is 16.3. The number of para-hydroxylation sites is 5. The largest absolute Gasteiger partial charge is 0.309 e. The summed E-state index contributed by atoms with van der Waals surface area (Å²) in [5, 5.41) is 10.1. The molecule has 0 radical (unpaired) electrons. The Kier molecular flexibility index (Phi) is 6.60. The molecule has 0 amide bonds. The number of hydrogen-bond donors (Lipinski definition) is 0. The van der Waals surface area contributed by atoms with E-state index in [1.54, 1.807) is 0 Å². The highest BCUT2D eigenvalue weighted by Gasteiger charge is 2.26. The van der Waals surface area contributed by atoms with E-state index in [1.165, 1.54) is 102 Å². The molecule has 58 heavy (non-hydrogen) atoms. The molecule has 0 saturated carbocycles. The van der Waals surface area contributed by atoms with Gasteiger partial charge in [-0.25, -0.2) is 0 Å². The van der Waals surface area contributed by atoms with Gasteiger partial charge in [-0.1, -0.05) is 140 Å². The van der Waals surface area contributed by atoms with Gasteiger partial charge >= 0.3 is 0 Å². The number of rotatable bonds is 4. The van der Waals surface area contributed by atoms with E-state index in [9.17, 15) is 0 Å². The number of fused-ring (bicyclic) bond motifs is 12. The fraction of sp³-hybridized carbons (Fsp3) is 0. The van der Waals surface area contributed by atoms with Crippen LogP contribution in [0.2, 0.25) is 0 Å². The van der Waals surface area contributed by atoms with Gasteiger partial charge in [-0.05, 0) is 71.8 Å². The van der Waals surface area contributed by atoms with Crippen molar-refractivity contribution in [2.45, 2.75) is 0 Å². The van der Waals surface area contributed by atoms with Crippen molar-refractivity contribution in [2.24, 2.45) is 0 Å². The molecule has 13 rings (SSSR count). The van der Waals surface area contributed by atoms with Crippen molar-refractivity contribution >= 4 is 96.9 Å². The summed E-state index contributed by atoms with van der Waals surface area (Å²) >= 11 is 1.88. The molecular formula is C54H33N3S. The summed E-state index contributed by atoms with van der Waals surface area (Å²) in [6.45, 7) is 0. The summed E-state index contributed by atoms with van der Waals surface area (Å²) in [5.74, 6) is 0. The molecule has 0 N–H and O–H groups in total. The van der Waals surface area contributed by atoms with Crippen LogP contribution in [0.1, 0.15) is 0 Å². The Hall–Kier alpha value is -7.40. The minimum absolute atomic E-state index is 1.13. The quantitative estimate of drug-likeness (QED) is 0.170. The van der Waals surface area contributed by atoms with Gasteiger partial charge in [-0.15, -0.1) is 11.3 Å². The van der Waals surface area contributed by atoms with Crippen molar-refractivity contribution in [2.75, 3.05) is 0 Å². The molecule has 3 nitrogen and oxygen atoms in total. The zero-order chi connectivity index (χ0) is 37.9. The predicted octanol–water partition coefficient (Wildman–Crippen LogP) is 15.0. The lowest BCUT2D eigenvalue weighted by Gasteiger charge is -2.15. The monoisotopic (exact) mass is 755 g/mol. The van der Waals surface area contributed by atoms with E-state index in [-0.39, 0.29) is 0 Å². The third-order valence-corrected chi connectivity index (χ3v) is 13.4. The summed E-state index contributed by atoms with van der Waals surface area (Å²) in [4.78, 5) is 0. The van der Waals surface area contributed by atoms with Crippen LogP contribution >= 0.6 is 11.3 Å². The molecule has 0 saturated heterocycles. The standard InChI is InChI=1S/C54H33N3S/c1-2-15-35(16-3-1)55-46-26-11-6-20-42(46)51-48(55)33-49-52(53(51)57-44-24-9-4-17-38(44)39-18-5-10-25-45(39)57)43-21-7-12-27-47(43)56(49)36-31-29-34(30-32-36)37-22-14-23-41-40-19-8-13-28-50(40)58-54(37)41/h1-33H. The van der Waals surface area contributed by atoms with Gasteiger partial charge in [0.15, 0.2) is 0 Å². The SMILES string of the molecule is c1ccc(-n2c3ccccc3c3c(-n4c5ccccc5c5ccccc54)c4c5ccccc5n(-c5ccc(-c6cccc7c6sc6ccccc67)cc5)c4cc32)cc1.